The maximum Gasteiger partial charge on any atom is 0 e. The molecule has 0 nitrogen and oxygen atoms in total. The van der Waals surface area contributed by atoms with E-state index >= 15 is 0 Å². The molecule has 7 heteroatoms. The van der Waals surface area contributed by atoms with Crippen molar-refractivity contribution >= 4 is 0 Å². The van der Waals surface area contributed by atoms with Gasteiger partial charge in [0.1, 0.15) is 0 Å². The maximum absolute atomic E-state index is 4.22. The average molecular weight is 1940 g/mol. The van der Waals surface area contributed by atoms with Gasteiger partial charge in [-0.15, -0.1) is 25.7 Å². The summed E-state index contributed by atoms with van der Waals surface area (Å²) in [4.78, 5) is 0. The van der Waals surface area contributed by atoms with Gasteiger partial charge in [-0.05, 0) is 41.4 Å². The van der Waals surface area contributed by atoms with E-state index in [0.717, 1.165) is 86.4 Å². The van der Waals surface area contributed by atoms with Crippen molar-refractivity contribution in [3.8, 4) is 0 Å². The van der Waals surface area contributed by atoms with Gasteiger partial charge < -0.3 is 92.9 Å². The van der Waals surface area contributed by atoms with E-state index < -0.39 is 0 Å². The molecule has 7 saturated carbocycles. The Kier molecular flexibility index (Phi) is 147. The normalized spacial score (nSPS) is 17.6. The fraction of sp³-hybridized carbons (Fsp3) is 0.851. The molecule has 7 radical (unpaired) electrons. The van der Waals surface area contributed by atoms with Crippen molar-refractivity contribution in [3.63, 3.8) is 0 Å². The zero-order valence-corrected chi connectivity index (χ0v) is 94.2. The summed E-state index contributed by atoms with van der Waals surface area (Å²) in [6.07, 6.45) is 65.8. The Morgan fingerprint density at radius 2 is 0.376 bits per heavy atom. The SMILES string of the molecule is CC(C)C.CC(C)C.CC(C)C.CC(C)C.CC(C)C.CC(C)C.CC(C)C.[CH2-]CC1([CH2-])CCCCC1.[CH2-]CC1([CH2-])CCCCC1.[CH2-]CCC1([CH2-])CCCC1.[CH2-]CCC[C-]1CCCCC1.[CH2-]CCC[C-]1CCCCC1.[CH2-]CCC[C-]1CCCCC1.[CH2-]CC[C-]1CCCCC1.[Y].[Y].[Y].[Y].[Y].[Y].[Y]. The van der Waals surface area contributed by atoms with Crippen LogP contribution < -0.4 is 0 Å². The summed E-state index contributed by atoms with van der Waals surface area (Å²) >= 11 is 0. The monoisotopic (exact) mass is 1940 g/mol. The van der Waals surface area contributed by atoms with Crippen LogP contribution in [-0.2, 0) is 229 Å². The predicted molar refractivity (Wildman–Crippen MR) is 444 cm³/mol. The van der Waals surface area contributed by atoms with E-state index in [4.69, 9.17) is 0 Å². The number of unbranched alkanes of at least 4 members (excludes halogenated alkanes) is 3. The van der Waals surface area contributed by atoms with E-state index in [1.165, 1.54) is 270 Å². The summed E-state index contributed by atoms with van der Waals surface area (Å²) in [6, 6.07) is 0. The Labute approximate surface area is 826 Å². The van der Waals surface area contributed by atoms with Crippen LogP contribution in [0.25, 0.3) is 0 Å². The quantitative estimate of drug-likeness (QED) is 0.143. The topological polar surface area (TPSA) is 0 Å². The first kappa shape index (κ1) is 141. The zero-order valence-electron chi connectivity index (χ0n) is 74.3. The molecule has 0 aromatic rings. The molecular formula is C94H188Y7-14. The number of hydrogen-bond acceptors (Lipinski definition) is 0. The smallest absolute Gasteiger partial charge is 0 e. The van der Waals surface area contributed by atoms with Gasteiger partial charge in [-0.25, -0.2) is 25.7 Å². The van der Waals surface area contributed by atoms with Gasteiger partial charge in [-0.3, -0.25) is 0 Å². The minimum Gasteiger partial charge on any atom is -0.346 e. The van der Waals surface area contributed by atoms with Crippen LogP contribution in [-0.4, -0.2) is 0 Å². The zero-order chi connectivity index (χ0) is 73.5. The molecule has 7 aliphatic rings. The third-order valence-corrected chi connectivity index (χ3v) is 16.4. The largest absolute Gasteiger partial charge is 0.346 e. The summed E-state index contributed by atoms with van der Waals surface area (Å²) in [6.45, 7) is 85.2. The molecule has 0 saturated heterocycles. The van der Waals surface area contributed by atoms with Gasteiger partial charge >= 0.3 is 0 Å². The standard InChI is InChI=1S/3C10H18.4C9H16.7C4H10.7Y/c3*1-2-3-7-10-8-5-4-6-9-10;2*1-3-9(2)7-5-4-6-8-9;1-3-6-9(2)7-4-5-8-9;1-2-6-9-7-4-3-5-8-9;7*1-4(2)3;;;;;;;/h3*1-9H2;4*1-8H2;7*4H,1-3H3;;;;;;;/q7*-2;;;;;;;;;;;;;;. The molecule has 0 spiro atoms. The van der Waals surface area contributed by atoms with Crippen LogP contribution in [0.3, 0.4) is 0 Å². The molecule has 0 heterocycles. The second-order valence-electron chi connectivity index (χ2n) is 34.8. The van der Waals surface area contributed by atoms with Crippen molar-refractivity contribution in [2.24, 2.45) is 57.7 Å². The van der Waals surface area contributed by atoms with Gasteiger partial charge in [-0.2, -0.15) is 113 Å². The van der Waals surface area contributed by atoms with Crippen molar-refractivity contribution in [1.82, 2.24) is 0 Å². The van der Waals surface area contributed by atoms with Crippen molar-refractivity contribution in [2.45, 2.75) is 460 Å². The number of hydrogen-bond donors (Lipinski definition) is 0. The molecule has 0 unspecified atom stereocenters. The van der Waals surface area contributed by atoms with Gasteiger partial charge in [0.05, 0.1) is 0 Å². The van der Waals surface area contributed by atoms with Crippen molar-refractivity contribution < 1.29 is 229 Å². The number of rotatable bonds is 15. The third kappa shape index (κ3) is 137. The summed E-state index contributed by atoms with van der Waals surface area (Å²) in [5.74, 6) is 13.1. The van der Waals surface area contributed by atoms with E-state index in [1.54, 1.807) is 5.92 Å². The predicted octanol–water partition coefficient (Wildman–Crippen LogP) is 34.3. The molecule has 7 aliphatic carbocycles. The third-order valence-electron chi connectivity index (χ3n) is 16.4. The van der Waals surface area contributed by atoms with E-state index in [0.29, 0.717) is 16.2 Å². The molecule has 0 atom stereocenters. The van der Waals surface area contributed by atoms with Crippen LogP contribution in [0.5, 0.6) is 0 Å². The molecule has 0 bridgehead atoms. The second kappa shape index (κ2) is 106. The summed E-state index contributed by atoms with van der Waals surface area (Å²) in [5, 5.41) is 0. The van der Waals surface area contributed by atoms with Gasteiger partial charge in [-0.1, -0.05) is 312 Å². The van der Waals surface area contributed by atoms with Gasteiger partial charge in [0.25, 0.3) is 0 Å². The van der Waals surface area contributed by atoms with E-state index in [-0.39, 0.29) is 229 Å². The van der Waals surface area contributed by atoms with Gasteiger partial charge in [0.2, 0.25) is 0 Å². The molecule has 0 N–H and O–H groups in total. The second-order valence-corrected chi connectivity index (χ2v) is 34.8. The molecule has 7 rings (SSSR count). The van der Waals surface area contributed by atoms with Crippen LogP contribution in [0.1, 0.15) is 460 Å². The summed E-state index contributed by atoms with van der Waals surface area (Å²) < 4.78 is 0. The fourth-order valence-electron chi connectivity index (χ4n) is 11.4. The maximum atomic E-state index is 4.22. The van der Waals surface area contributed by atoms with Crippen LogP contribution in [0.15, 0.2) is 0 Å². The van der Waals surface area contributed by atoms with E-state index in [9.17, 15) is 0 Å². The molecule has 0 aromatic carbocycles. The Morgan fingerprint density at radius 1 is 0.218 bits per heavy atom. The first-order valence-corrected chi connectivity index (χ1v) is 41.6. The summed E-state index contributed by atoms with van der Waals surface area (Å²) in [7, 11) is 0. The van der Waals surface area contributed by atoms with Crippen molar-refractivity contribution in [3.05, 3.63) is 92.9 Å². The molecular weight excluding hydrogens is 1750 g/mol. The van der Waals surface area contributed by atoms with Crippen LogP contribution >= 0.6 is 0 Å². The van der Waals surface area contributed by atoms with Crippen LogP contribution in [0.4, 0.5) is 0 Å². The Morgan fingerprint density at radius 3 is 0.525 bits per heavy atom. The van der Waals surface area contributed by atoms with Gasteiger partial charge in [0, 0.05) is 229 Å². The van der Waals surface area contributed by atoms with Crippen LogP contribution in [0.2, 0.25) is 0 Å². The molecule has 7 fully saturated rings. The van der Waals surface area contributed by atoms with E-state index in [1.807, 2.05) is 17.8 Å². The Hall–Kier alpha value is 7.73. The van der Waals surface area contributed by atoms with Crippen molar-refractivity contribution in [2.75, 3.05) is 0 Å². The minimum absolute atomic E-state index is 0. The minimum atomic E-state index is 0. The Balaban J connectivity index is -0.0000000680. The molecule has 599 valence electrons. The molecule has 0 aliphatic heterocycles. The van der Waals surface area contributed by atoms with Crippen molar-refractivity contribution in [1.29, 1.82) is 0 Å². The van der Waals surface area contributed by atoms with Crippen LogP contribution in [0, 0.1) is 151 Å². The fourth-order valence-corrected chi connectivity index (χ4v) is 11.4. The summed E-state index contributed by atoms with van der Waals surface area (Å²) in [5.41, 5.74) is 1.15. The first-order valence-electron chi connectivity index (χ1n) is 41.6. The Bertz CT molecular complexity index is 1140. The van der Waals surface area contributed by atoms with Gasteiger partial charge in [0.15, 0.2) is 0 Å². The van der Waals surface area contributed by atoms with E-state index in [2.05, 4.69) is 215 Å². The molecule has 0 amide bonds. The molecule has 101 heavy (non-hydrogen) atoms. The average Bonchev–Trinajstić information content (AvgIpc) is 1.88. The first-order chi connectivity index (χ1) is 44.2. The molecule has 0 aromatic heterocycles.